The first-order valence-electron chi connectivity index (χ1n) is 9.11. The molecule has 138 valence electrons. The Balaban J connectivity index is 1.67. The Hall–Kier alpha value is -2.38. The SMILES string of the molecule is COCCn1cncc1CN1C(=O)C2(CCNCC2)Nc2ccccc21. The van der Waals surface area contributed by atoms with Gasteiger partial charge in [-0.15, -0.1) is 0 Å². The number of carbonyl (C=O) groups excluding carboxylic acids is 1. The molecule has 0 atom stereocenters. The molecule has 0 radical (unpaired) electrons. The number of nitrogens with zero attached hydrogens (tertiary/aromatic N) is 3. The maximum absolute atomic E-state index is 13.5. The van der Waals surface area contributed by atoms with Crippen LogP contribution in [0.5, 0.6) is 0 Å². The third-order valence-electron chi connectivity index (χ3n) is 5.34. The molecule has 1 amide bonds. The molecule has 0 saturated carbocycles. The Morgan fingerprint density at radius 2 is 2.08 bits per heavy atom. The molecule has 0 bridgehead atoms. The second-order valence-corrected chi connectivity index (χ2v) is 6.94. The lowest BCUT2D eigenvalue weighted by atomic mass is 9.84. The number of amides is 1. The number of fused-ring (bicyclic) bond motifs is 1. The number of hydrogen-bond donors (Lipinski definition) is 2. The van der Waals surface area contributed by atoms with Crippen molar-refractivity contribution in [2.24, 2.45) is 0 Å². The van der Waals surface area contributed by atoms with Gasteiger partial charge in [0.25, 0.3) is 5.91 Å². The predicted molar refractivity (Wildman–Crippen MR) is 100 cm³/mol. The quantitative estimate of drug-likeness (QED) is 0.853. The maximum Gasteiger partial charge on any atom is 0.253 e. The molecule has 1 fully saturated rings. The summed E-state index contributed by atoms with van der Waals surface area (Å²) in [4.78, 5) is 19.7. The van der Waals surface area contributed by atoms with Gasteiger partial charge in [0.05, 0.1) is 36.5 Å². The van der Waals surface area contributed by atoms with Gasteiger partial charge in [0, 0.05) is 19.9 Å². The van der Waals surface area contributed by atoms with Crippen molar-refractivity contribution in [1.82, 2.24) is 14.9 Å². The molecule has 4 rings (SSSR count). The molecule has 1 aromatic heterocycles. The van der Waals surface area contributed by atoms with E-state index in [1.54, 1.807) is 13.4 Å². The predicted octanol–water partition coefficient (Wildman–Crippen LogP) is 1.61. The van der Waals surface area contributed by atoms with Crippen LogP contribution in [-0.2, 0) is 22.6 Å². The fourth-order valence-electron chi connectivity index (χ4n) is 3.88. The molecule has 2 aromatic rings. The maximum atomic E-state index is 13.5. The summed E-state index contributed by atoms with van der Waals surface area (Å²) in [6.45, 7) is 3.55. The van der Waals surface area contributed by atoms with Crippen LogP contribution in [0, 0.1) is 0 Å². The van der Waals surface area contributed by atoms with Gasteiger partial charge in [0.1, 0.15) is 5.54 Å². The van der Waals surface area contributed by atoms with E-state index in [9.17, 15) is 4.79 Å². The van der Waals surface area contributed by atoms with Gasteiger partial charge >= 0.3 is 0 Å². The number of imidazole rings is 1. The van der Waals surface area contributed by atoms with Crippen LogP contribution in [0.3, 0.4) is 0 Å². The number of para-hydroxylation sites is 2. The van der Waals surface area contributed by atoms with Crippen molar-refractivity contribution < 1.29 is 9.53 Å². The van der Waals surface area contributed by atoms with Crippen LogP contribution in [0.25, 0.3) is 0 Å². The zero-order valence-electron chi connectivity index (χ0n) is 15.1. The Kier molecular flexibility index (Phi) is 4.65. The molecule has 2 N–H and O–H groups in total. The summed E-state index contributed by atoms with van der Waals surface area (Å²) < 4.78 is 7.23. The van der Waals surface area contributed by atoms with Crippen molar-refractivity contribution in [3.63, 3.8) is 0 Å². The van der Waals surface area contributed by atoms with Crippen molar-refractivity contribution in [1.29, 1.82) is 0 Å². The lowest BCUT2D eigenvalue weighted by molar-refractivity contribution is -0.124. The number of aromatic nitrogens is 2. The molecule has 2 aliphatic rings. The van der Waals surface area contributed by atoms with Crippen LogP contribution in [0.1, 0.15) is 18.5 Å². The molecular formula is C19H25N5O2. The molecule has 0 unspecified atom stereocenters. The smallest absolute Gasteiger partial charge is 0.253 e. The summed E-state index contributed by atoms with van der Waals surface area (Å²) in [6, 6.07) is 8.05. The zero-order chi connectivity index (χ0) is 18.0. The summed E-state index contributed by atoms with van der Waals surface area (Å²) in [6.07, 6.45) is 5.22. The number of carbonyl (C=O) groups is 1. The Labute approximate surface area is 153 Å². The van der Waals surface area contributed by atoms with Gasteiger partial charge in [0.2, 0.25) is 0 Å². The molecule has 7 nitrogen and oxygen atoms in total. The summed E-state index contributed by atoms with van der Waals surface area (Å²) in [5.74, 6) is 0.150. The highest BCUT2D eigenvalue weighted by atomic mass is 16.5. The number of piperidine rings is 1. The van der Waals surface area contributed by atoms with Gasteiger partial charge in [-0.2, -0.15) is 0 Å². The molecule has 2 aliphatic heterocycles. The molecule has 1 spiro atoms. The third kappa shape index (κ3) is 2.97. The van der Waals surface area contributed by atoms with E-state index < -0.39 is 5.54 Å². The Morgan fingerprint density at radius 3 is 2.88 bits per heavy atom. The Bertz CT molecular complexity index is 782. The van der Waals surface area contributed by atoms with Crippen molar-refractivity contribution >= 4 is 17.3 Å². The van der Waals surface area contributed by atoms with E-state index >= 15 is 0 Å². The van der Waals surface area contributed by atoms with E-state index in [1.807, 2.05) is 29.3 Å². The standard InChI is InChI=1S/C19H25N5O2/c1-26-11-10-23-14-21-12-15(23)13-24-17-5-3-2-4-16(17)22-19(18(24)25)6-8-20-9-7-19/h2-5,12,14,20,22H,6-11,13H2,1H3. The molecule has 3 heterocycles. The van der Waals surface area contributed by atoms with E-state index in [2.05, 4.69) is 26.3 Å². The summed E-state index contributed by atoms with van der Waals surface area (Å²) in [5.41, 5.74) is 2.45. The largest absolute Gasteiger partial charge is 0.383 e. The van der Waals surface area contributed by atoms with Gasteiger partial charge in [-0.25, -0.2) is 4.98 Å². The minimum atomic E-state index is -0.517. The average Bonchev–Trinajstić information content (AvgIpc) is 3.11. The van der Waals surface area contributed by atoms with Crippen LogP contribution in [0.2, 0.25) is 0 Å². The van der Waals surface area contributed by atoms with Gasteiger partial charge in [-0.3, -0.25) is 4.79 Å². The highest BCUT2D eigenvalue weighted by Gasteiger charge is 2.46. The molecule has 26 heavy (non-hydrogen) atoms. The third-order valence-corrected chi connectivity index (χ3v) is 5.34. The van der Waals surface area contributed by atoms with E-state index in [0.29, 0.717) is 13.2 Å². The minimum Gasteiger partial charge on any atom is -0.383 e. The first kappa shape index (κ1) is 17.1. The van der Waals surface area contributed by atoms with Crippen LogP contribution in [0.15, 0.2) is 36.8 Å². The first-order chi connectivity index (χ1) is 12.7. The summed E-state index contributed by atoms with van der Waals surface area (Å²) >= 11 is 0. The van der Waals surface area contributed by atoms with E-state index in [0.717, 1.165) is 49.5 Å². The van der Waals surface area contributed by atoms with Gasteiger partial charge in [-0.05, 0) is 38.1 Å². The van der Waals surface area contributed by atoms with Crippen molar-refractivity contribution in [3.05, 3.63) is 42.5 Å². The van der Waals surface area contributed by atoms with Crippen LogP contribution < -0.4 is 15.5 Å². The van der Waals surface area contributed by atoms with E-state index in [1.165, 1.54) is 0 Å². The number of anilines is 2. The molecule has 1 saturated heterocycles. The number of benzene rings is 1. The van der Waals surface area contributed by atoms with Gasteiger partial charge < -0.3 is 24.8 Å². The summed E-state index contributed by atoms with van der Waals surface area (Å²) in [7, 11) is 1.69. The molecule has 7 heteroatoms. The number of rotatable bonds is 5. The first-order valence-corrected chi connectivity index (χ1v) is 9.11. The summed E-state index contributed by atoms with van der Waals surface area (Å²) in [5, 5.41) is 6.90. The molecular weight excluding hydrogens is 330 g/mol. The number of hydrogen-bond acceptors (Lipinski definition) is 5. The van der Waals surface area contributed by atoms with Crippen molar-refractivity contribution in [2.75, 3.05) is 37.0 Å². The van der Waals surface area contributed by atoms with Crippen molar-refractivity contribution in [2.45, 2.75) is 31.5 Å². The number of nitrogens with one attached hydrogen (secondary N) is 2. The van der Waals surface area contributed by atoms with Gasteiger partial charge in [0.15, 0.2) is 0 Å². The van der Waals surface area contributed by atoms with E-state index in [4.69, 9.17) is 4.74 Å². The topological polar surface area (TPSA) is 71.4 Å². The highest BCUT2D eigenvalue weighted by molar-refractivity contribution is 6.07. The van der Waals surface area contributed by atoms with Gasteiger partial charge in [-0.1, -0.05) is 12.1 Å². The van der Waals surface area contributed by atoms with Crippen LogP contribution in [0.4, 0.5) is 11.4 Å². The fourth-order valence-corrected chi connectivity index (χ4v) is 3.88. The number of methoxy groups -OCH3 is 1. The normalized spacial score (nSPS) is 18.7. The van der Waals surface area contributed by atoms with Crippen molar-refractivity contribution in [3.8, 4) is 0 Å². The second-order valence-electron chi connectivity index (χ2n) is 6.94. The Morgan fingerprint density at radius 1 is 1.27 bits per heavy atom. The van der Waals surface area contributed by atoms with Crippen LogP contribution >= 0.6 is 0 Å². The lowest BCUT2D eigenvalue weighted by Crippen LogP contribution is -2.61. The second kappa shape index (κ2) is 7.09. The zero-order valence-corrected chi connectivity index (χ0v) is 15.1. The fraction of sp³-hybridized carbons (Fsp3) is 0.474. The average molecular weight is 355 g/mol. The number of ether oxygens (including phenoxy) is 1. The molecule has 1 aromatic carbocycles. The van der Waals surface area contributed by atoms with Crippen LogP contribution in [-0.4, -0.2) is 47.8 Å². The van der Waals surface area contributed by atoms with E-state index in [-0.39, 0.29) is 5.91 Å². The lowest BCUT2D eigenvalue weighted by Gasteiger charge is -2.45. The minimum absolute atomic E-state index is 0.150. The highest BCUT2D eigenvalue weighted by Crippen LogP contribution is 2.39. The molecule has 0 aliphatic carbocycles. The monoisotopic (exact) mass is 355 g/mol.